The summed E-state index contributed by atoms with van der Waals surface area (Å²) in [6.07, 6.45) is 1.71. The Hall–Kier alpha value is -3.19. The second kappa shape index (κ2) is 7.91. The number of carbonyl (C=O) groups excluding carboxylic acids is 1. The van der Waals surface area contributed by atoms with Gasteiger partial charge in [0.2, 0.25) is 0 Å². The van der Waals surface area contributed by atoms with E-state index in [0.717, 1.165) is 24.0 Å². The maximum Gasteiger partial charge on any atom is 0.270 e. The first-order chi connectivity index (χ1) is 14.4. The van der Waals surface area contributed by atoms with Crippen molar-refractivity contribution in [3.8, 4) is 0 Å². The van der Waals surface area contributed by atoms with E-state index in [1.165, 1.54) is 11.6 Å². The number of nitrogens with two attached hydrogens (primary N) is 1. The second-order valence-electron chi connectivity index (χ2n) is 8.03. The fourth-order valence-corrected chi connectivity index (χ4v) is 4.36. The van der Waals surface area contributed by atoms with Gasteiger partial charge in [-0.05, 0) is 36.8 Å². The number of nitrogens with one attached hydrogen (secondary N) is 1. The molecule has 3 heterocycles. The van der Waals surface area contributed by atoms with Crippen LogP contribution in [0.15, 0.2) is 47.3 Å². The van der Waals surface area contributed by atoms with E-state index in [0.29, 0.717) is 42.3 Å². The van der Waals surface area contributed by atoms with E-state index in [4.69, 9.17) is 5.73 Å². The van der Waals surface area contributed by atoms with Gasteiger partial charge in [-0.1, -0.05) is 36.4 Å². The lowest BCUT2D eigenvalue weighted by molar-refractivity contribution is 0.0730. The number of aromatic amines is 1. The molecular weight excluding hydrogens is 378 g/mol. The summed E-state index contributed by atoms with van der Waals surface area (Å²) in [5.41, 5.74) is 10.6. The Bertz CT molecular complexity index is 1200. The zero-order chi connectivity index (χ0) is 21.4. The Kier molecular flexibility index (Phi) is 5.30. The van der Waals surface area contributed by atoms with Gasteiger partial charge in [0, 0.05) is 35.6 Å². The van der Waals surface area contributed by atoms with Crippen molar-refractivity contribution in [2.24, 2.45) is 18.7 Å². The standard InChI is InChI=1S/C23H27N5O2.2H2/c1-14-13-28(9-8-16(14)10-17-6-4-5-7-18(17)12-24)23(30)19-11-20(29)21-15(2)26-27(3)22(21)25-19;;/h4-7,11,16H,1,8-10,12-13,24H2,2-3H3,(H,25,29);2*1H. The third-order valence-corrected chi connectivity index (χ3v) is 6.04. The van der Waals surface area contributed by atoms with E-state index >= 15 is 0 Å². The predicted octanol–water partition coefficient (Wildman–Crippen LogP) is 2.78. The molecule has 1 unspecified atom stereocenters. The number of hydrogen-bond acceptors (Lipinski definition) is 4. The molecule has 1 saturated heterocycles. The van der Waals surface area contributed by atoms with E-state index in [9.17, 15) is 9.59 Å². The quantitative estimate of drug-likeness (QED) is 0.648. The first kappa shape index (κ1) is 20.1. The van der Waals surface area contributed by atoms with Crippen molar-refractivity contribution in [2.45, 2.75) is 26.3 Å². The molecule has 7 heteroatoms. The molecule has 2 aromatic heterocycles. The summed E-state index contributed by atoms with van der Waals surface area (Å²) in [5.74, 6) is 0.123. The monoisotopic (exact) mass is 409 g/mol. The van der Waals surface area contributed by atoms with Gasteiger partial charge in [0.25, 0.3) is 5.91 Å². The van der Waals surface area contributed by atoms with Crippen LogP contribution in [0.5, 0.6) is 0 Å². The summed E-state index contributed by atoms with van der Waals surface area (Å²) in [5, 5.41) is 4.80. The summed E-state index contributed by atoms with van der Waals surface area (Å²) < 4.78 is 1.60. The van der Waals surface area contributed by atoms with E-state index in [-0.39, 0.29) is 19.9 Å². The van der Waals surface area contributed by atoms with Crippen LogP contribution < -0.4 is 11.2 Å². The Morgan fingerprint density at radius 1 is 1.37 bits per heavy atom. The molecule has 1 fully saturated rings. The highest BCUT2D eigenvalue weighted by molar-refractivity contribution is 5.95. The fourth-order valence-electron chi connectivity index (χ4n) is 4.36. The normalized spacial score (nSPS) is 17.0. The number of hydrogen-bond donors (Lipinski definition) is 2. The molecule has 0 saturated carbocycles. The van der Waals surface area contributed by atoms with Crippen molar-refractivity contribution < 1.29 is 7.65 Å². The van der Waals surface area contributed by atoms with Crippen molar-refractivity contribution >= 4 is 16.9 Å². The number of aryl methyl sites for hydroxylation is 2. The third kappa shape index (κ3) is 3.57. The smallest absolute Gasteiger partial charge is 0.270 e. The van der Waals surface area contributed by atoms with Gasteiger partial charge >= 0.3 is 0 Å². The average molecular weight is 410 g/mol. The Balaban J connectivity index is 0.00000181. The molecule has 1 aliphatic rings. The number of benzene rings is 1. The largest absolute Gasteiger partial charge is 0.335 e. The van der Waals surface area contributed by atoms with E-state index in [2.05, 4.69) is 28.8 Å². The topological polar surface area (TPSA) is 97.0 Å². The van der Waals surface area contributed by atoms with Crippen LogP contribution in [-0.2, 0) is 20.0 Å². The molecule has 4 rings (SSSR count). The lowest BCUT2D eigenvalue weighted by atomic mass is 9.85. The maximum atomic E-state index is 13.1. The van der Waals surface area contributed by atoms with Crippen LogP contribution in [0.4, 0.5) is 0 Å². The van der Waals surface area contributed by atoms with Gasteiger partial charge in [-0.3, -0.25) is 14.3 Å². The van der Waals surface area contributed by atoms with Gasteiger partial charge in [-0.2, -0.15) is 5.10 Å². The van der Waals surface area contributed by atoms with Crippen LogP contribution in [0.3, 0.4) is 0 Å². The van der Waals surface area contributed by atoms with Crippen LogP contribution in [0.2, 0.25) is 0 Å². The molecule has 1 aromatic carbocycles. The highest BCUT2D eigenvalue weighted by atomic mass is 16.2. The second-order valence-corrected chi connectivity index (χ2v) is 8.03. The van der Waals surface area contributed by atoms with Crippen molar-refractivity contribution in [3.05, 3.63) is 75.2 Å². The van der Waals surface area contributed by atoms with Crippen LogP contribution in [0, 0.1) is 12.8 Å². The molecule has 30 heavy (non-hydrogen) atoms. The molecule has 0 aliphatic carbocycles. The maximum absolute atomic E-state index is 13.1. The number of piperidine rings is 1. The van der Waals surface area contributed by atoms with Crippen LogP contribution >= 0.6 is 0 Å². The molecular formula is C23H31N5O2. The van der Waals surface area contributed by atoms with Gasteiger partial charge in [-0.25, -0.2) is 0 Å². The van der Waals surface area contributed by atoms with Gasteiger partial charge in [0.15, 0.2) is 5.43 Å². The number of carbonyl (C=O) groups is 1. The number of amides is 1. The average Bonchev–Trinajstić information content (AvgIpc) is 3.03. The van der Waals surface area contributed by atoms with Gasteiger partial charge in [0.1, 0.15) is 11.3 Å². The molecule has 0 spiro atoms. The first-order valence-corrected chi connectivity index (χ1v) is 10.2. The molecule has 1 aliphatic heterocycles. The lowest BCUT2D eigenvalue weighted by Gasteiger charge is -2.34. The molecule has 1 amide bonds. The zero-order valence-electron chi connectivity index (χ0n) is 17.4. The van der Waals surface area contributed by atoms with Gasteiger partial charge in [-0.15, -0.1) is 0 Å². The molecule has 3 N–H and O–H groups in total. The SMILES string of the molecule is C=C1CN(C(=O)c2cc(=O)c3c(C)nn(C)c3[nH]2)CCC1Cc1ccccc1CN.[HH].[HH]. The summed E-state index contributed by atoms with van der Waals surface area (Å²) >= 11 is 0. The zero-order valence-corrected chi connectivity index (χ0v) is 17.4. The van der Waals surface area contributed by atoms with E-state index < -0.39 is 0 Å². The summed E-state index contributed by atoms with van der Waals surface area (Å²) in [7, 11) is 1.76. The highest BCUT2D eigenvalue weighted by Gasteiger charge is 2.28. The number of rotatable bonds is 4. The summed E-state index contributed by atoms with van der Waals surface area (Å²) in [4.78, 5) is 30.5. The molecule has 3 aromatic rings. The molecule has 0 radical (unpaired) electrons. The molecule has 1 atom stereocenters. The summed E-state index contributed by atoms with van der Waals surface area (Å²) in [6.45, 7) is 7.66. The Labute approximate surface area is 178 Å². The van der Waals surface area contributed by atoms with Crippen LogP contribution in [-0.4, -0.2) is 38.7 Å². The Morgan fingerprint density at radius 2 is 2.10 bits per heavy atom. The number of aromatic nitrogens is 3. The molecule has 160 valence electrons. The van der Waals surface area contributed by atoms with E-state index in [1.807, 2.05) is 12.1 Å². The Morgan fingerprint density at radius 3 is 2.80 bits per heavy atom. The van der Waals surface area contributed by atoms with Crippen molar-refractivity contribution in [1.29, 1.82) is 0 Å². The predicted molar refractivity (Wildman–Crippen MR) is 121 cm³/mol. The number of nitrogens with zero attached hydrogens (tertiary/aromatic N) is 3. The minimum absolute atomic E-state index is 0. The highest BCUT2D eigenvalue weighted by Crippen LogP contribution is 2.27. The molecule has 7 nitrogen and oxygen atoms in total. The number of pyridine rings is 1. The van der Waals surface area contributed by atoms with Gasteiger partial charge < -0.3 is 15.6 Å². The molecule has 0 bridgehead atoms. The van der Waals surface area contributed by atoms with Crippen LogP contribution in [0.1, 0.15) is 36.6 Å². The van der Waals surface area contributed by atoms with Crippen molar-refractivity contribution in [3.63, 3.8) is 0 Å². The van der Waals surface area contributed by atoms with Gasteiger partial charge in [0.05, 0.1) is 11.1 Å². The van der Waals surface area contributed by atoms with Crippen molar-refractivity contribution in [2.75, 3.05) is 13.1 Å². The number of likely N-dealkylation sites (tertiary alicyclic amines) is 1. The van der Waals surface area contributed by atoms with Crippen LogP contribution in [0.25, 0.3) is 11.0 Å². The minimum Gasteiger partial charge on any atom is -0.335 e. The lowest BCUT2D eigenvalue weighted by Crippen LogP contribution is -2.40. The first-order valence-electron chi connectivity index (χ1n) is 10.2. The number of H-pyrrole nitrogens is 1. The summed E-state index contributed by atoms with van der Waals surface area (Å²) in [6, 6.07) is 9.59. The van der Waals surface area contributed by atoms with E-state index in [1.54, 1.807) is 23.6 Å². The van der Waals surface area contributed by atoms with Crippen molar-refractivity contribution in [1.82, 2.24) is 19.7 Å². The fraction of sp³-hybridized carbons (Fsp3) is 0.348. The minimum atomic E-state index is -0.190. The third-order valence-electron chi connectivity index (χ3n) is 6.04. The number of fused-ring (bicyclic) bond motifs is 1.